The third-order valence-electron chi connectivity index (χ3n) is 2.94. The maximum absolute atomic E-state index is 13.6. The summed E-state index contributed by atoms with van der Waals surface area (Å²) < 4.78 is 51.5. The van der Waals surface area contributed by atoms with Gasteiger partial charge in [0.25, 0.3) is 0 Å². The topological polar surface area (TPSA) is 12.0 Å². The Morgan fingerprint density at radius 1 is 0.952 bits per heavy atom. The van der Waals surface area contributed by atoms with Crippen LogP contribution in [0.15, 0.2) is 46.9 Å². The Labute approximate surface area is 128 Å². The summed E-state index contributed by atoms with van der Waals surface area (Å²) in [6.07, 6.45) is -4.33. The largest absolute Gasteiger partial charge is 0.416 e. The summed E-state index contributed by atoms with van der Waals surface area (Å²) >= 11 is 3.17. The summed E-state index contributed by atoms with van der Waals surface area (Å²) in [5.74, 6) is -0.329. The van der Waals surface area contributed by atoms with Gasteiger partial charge in [0.1, 0.15) is 5.82 Å². The summed E-state index contributed by atoms with van der Waals surface area (Å²) in [4.78, 5) is 0. The van der Waals surface area contributed by atoms with Gasteiger partial charge < -0.3 is 5.32 Å². The van der Waals surface area contributed by atoms with E-state index in [1.165, 1.54) is 18.2 Å². The van der Waals surface area contributed by atoms with Crippen LogP contribution in [0, 0.1) is 5.82 Å². The molecule has 0 atom stereocenters. The molecular weight excluding hydrogens is 350 g/mol. The zero-order valence-electron chi connectivity index (χ0n) is 10.8. The zero-order chi connectivity index (χ0) is 15.5. The first-order valence-electron chi connectivity index (χ1n) is 6.17. The molecule has 0 fully saturated rings. The second kappa shape index (κ2) is 6.58. The number of halogens is 5. The van der Waals surface area contributed by atoms with Crippen LogP contribution in [0.5, 0.6) is 0 Å². The summed E-state index contributed by atoms with van der Waals surface area (Å²) in [5, 5.41) is 3.00. The first kappa shape index (κ1) is 16.0. The van der Waals surface area contributed by atoms with Gasteiger partial charge in [-0.15, -0.1) is 0 Å². The minimum atomic E-state index is -4.33. The van der Waals surface area contributed by atoms with Gasteiger partial charge in [0.2, 0.25) is 0 Å². The van der Waals surface area contributed by atoms with E-state index in [2.05, 4.69) is 21.2 Å². The van der Waals surface area contributed by atoms with Crippen molar-refractivity contribution in [3.63, 3.8) is 0 Å². The maximum Gasteiger partial charge on any atom is 0.416 e. The van der Waals surface area contributed by atoms with E-state index in [0.717, 1.165) is 12.1 Å². The van der Waals surface area contributed by atoms with Crippen LogP contribution in [-0.4, -0.2) is 0 Å². The SMILES string of the molecule is Fc1cc(Br)ccc1CNCc1ccc(C(F)(F)F)cc1. The normalized spacial score (nSPS) is 11.7. The first-order chi connectivity index (χ1) is 9.86. The van der Waals surface area contributed by atoms with E-state index < -0.39 is 11.7 Å². The van der Waals surface area contributed by atoms with E-state index >= 15 is 0 Å². The van der Waals surface area contributed by atoms with Crippen LogP contribution >= 0.6 is 15.9 Å². The standard InChI is InChI=1S/C15H12BrF4N/c16-13-6-3-11(14(17)7-13)9-21-8-10-1-4-12(5-2-10)15(18,19)20/h1-7,21H,8-9H2. The van der Waals surface area contributed by atoms with Crippen LogP contribution in [0.25, 0.3) is 0 Å². The molecule has 2 rings (SSSR count). The minimum Gasteiger partial charge on any atom is -0.309 e. The Morgan fingerprint density at radius 2 is 1.62 bits per heavy atom. The molecule has 0 aliphatic carbocycles. The molecule has 0 saturated carbocycles. The molecule has 0 heterocycles. The van der Waals surface area contributed by atoms with Gasteiger partial charge in [0.15, 0.2) is 0 Å². The second-order valence-electron chi connectivity index (χ2n) is 4.53. The van der Waals surface area contributed by atoms with Gasteiger partial charge in [0.05, 0.1) is 5.56 Å². The number of hydrogen-bond donors (Lipinski definition) is 1. The third-order valence-corrected chi connectivity index (χ3v) is 3.43. The molecule has 112 valence electrons. The molecule has 0 radical (unpaired) electrons. The lowest BCUT2D eigenvalue weighted by Crippen LogP contribution is -2.14. The first-order valence-corrected chi connectivity index (χ1v) is 6.96. The van der Waals surface area contributed by atoms with Crippen LogP contribution < -0.4 is 5.32 Å². The molecule has 2 aromatic carbocycles. The predicted molar refractivity (Wildman–Crippen MR) is 76.1 cm³/mol. The molecule has 0 amide bonds. The van der Waals surface area contributed by atoms with Gasteiger partial charge in [-0.1, -0.05) is 34.1 Å². The smallest absolute Gasteiger partial charge is 0.309 e. The van der Waals surface area contributed by atoms with E-state index in [0.29, 0.717) is 28.7 Å². The number of benzene rings is 2. The second-order valence-corrected chi connectivity index (χ2v) is 5.45. The number of alkyl halides is 3. The Balaban J connectivity index is 1.91. The van der Waals surface area contributed by atoms with Crippen molar-refractivity contribution >= 4 is 15.9 Å². The molecule has 1 nitrogen and oxygen atoms in total. The third kappa shape index (κ3) is 4.54. The fraction of sp³-hybridized carbons (Fsp3) is 0.200. The number of nitrogens with one attached hydrogen (secondary N) is 1. The lowest BCUT2D eigenvalue weighted by Gasteiger charge is -2.09. The fourth-order valence-electron chi connectivity index (χ4n) is 1.82. The minimum absolute atomic E-state index is 0.306. The Morgan fingerprint density at radius 3 is 2.19 bits per heavy atom. The van der Waals surface area contributed by atoms with E-state index in [9.17, 15) is 17.6 Å². The molecule has 0 aliphatic rings. The lowest BCUT2D eigenvalue weighted by molar-refractivity contribution is -0.137. The van der Waals surface area contributed by atoms with E-state index in [1.807, 2.05) is 0 Å². The summed E-state index contributed by atoms with van der Waals surface area (Å²) in [6, 6.07) is 9.66. The van der Waals surface area contributed by atoms with Crippen molar-refractivity contribution in [2.45, 2.75) is 19.3 Å². The number of rotatable bonds is 4. The highest BCUT2D eigenvalue weighted by Gasteiger charge is 2.29. The predicted octanol–water partition coefficient (Wildman–Crippen LogP) is 4.90. The van der Waals surface area contributed by atoms with Crippen LogP contribution in [0.4, 0.5) is 17.6 Å². The van der Waals surface area contributed by atoms with Gasteiger partial charge >= 0.3 is 6.18 Å². The maximum atomic E-state index is 13.6. The van der Waals surface area contributed by atoms with Crippen molar-refractivity contribution in [2.75, 3.05) is 0 Å². The van der Waals surface area contributed by atoms with Gasteiger partial charge in [0, 0.05) is 23.1 Å². The lowest BCUT2D eigenvalue weighted by atomic mass is 10.1. The van der Waals surface area contributed by atoms with Crippen molar-refractivity contribution in [1.29, 1.82) is 0 Å². The Bertz CT molecular complexity index is 608. The van der Waals surface area contributed by atoms with Gasteiger partial charge in [-0.2, -0.15) is 13.2 Å². The summed E-state index contributed by atoms with van der Waals surface area (Å²) in [5.41, 5.74) is 0.538. The van der Waals surface area contributed by atoms with Crippen molar-refractivity contribution in [3.8, 4) is 0 Å². The molecule has 2 aromatic rings. The average Bonchev–Trinajstić information content (AvgIpc) is 2.41. The Kier molecular flexibility index (Phi) is 5.00. The van der Waals surface area contributed by atoms with Crippen molar-refractivity contribution in [1.82, 2.24) is 5.32 Å². The van der Waals surface area contributed by atoms with Gasteiger partial charge in [-0.3, -0.25) is 0 Å². The van der Waals surface area contributed by atoms with Crippen LogP contribution in [0.3, 0.4) is 0 Å². The van der Waals surface area contributed by atoms with Gasteiger partial charge in [-0.05, 0) is 29.8 Å². The highest BCUT2D eigenvalue weighted by molar-refractivity contribution is 9.10. The van der Waals surface area contributed by atoms with Crippen LogP contribution in [-0.2, 0) is 19.3 Å². The molecule has 0 saturated heterocycles. The number of hydrogen-bond acceptors (Lipinski definition) is 1. The monoisotopic (exact) mass is 361 g/mol. The van der Waals surface area contributed by atoms with Crippen molar-refractivity contribution in [2.24, 2.45) is 0 Å². The Hall–Kier alpha value is -1.40. The molecule has 21 heavy (non-hydrogen) atoms. The van der Waals surface area contributed by atoms with E-state index in [-0.39, 0.29) is 5.82 Å². The molecular formula is C15H12BrF4N. The van der Waals surface area contributed by atoms with E-state index in [4.69, 9.17) is 0 Å². The van der Waals surface area contributed by atoms with Gasteiger partial charge in [-0.25, -0.2) is 4.39 Å². The molecule has 0 aromatic heterocycles. The van der Waals surface area contributed by atoms with Crippen LogP contribution in [0.2, 0.25) is 0 Å². The molecule has 0 bridgehead atoms. The summed E-state index contributed by atoms with van der Waals surface area (Å²) in [6.45, 7) is 0.674. The molecule has 0 spiro atoms. The highest BCUT2D eigenvalue weighted by Crippen LogP contribution is 2.29. The molecule has 1 N–H and O–H groups in total. The average molecular weight is 362 g/mol. The van der Waals surface area contributed by atoms with Crippen LogP contribution in [0.1, 0.15) is 16.7 Å². The van der Waals surface area contributed by atoms with E-state index in [1.54, 1.807) is 12.1 Å². The molecule has 0 unspecified atom stereocenters. The van der Waals surface area contributed by atoms with Crippen molar-refractivity contribution in [3.05, 3.63) is 69.4 Å². The highest BCUT2D eigenvalue weighted by atomic mass is 79.9. The zero-order valence-corrected chi connectivity index (χ0v) is 12.4. The summed E-state index contributed by atoms with van der Waals surface area (Å²) in [7, 11) is 0. The quantitative estimate of drug-likeness (QED) is 0.764. The fourth-order valence-corrected chi connectivity index (χ4v) is 2.15. The molecule has 0 aliphatic heterocycles. The van der Waals surface area contributed by atoms with Crippen molar-refractivity contribution < 1.29 is 17.6 Å². The molecule has 6 heteroatoms.